The first kappa shape index (κ1) is 25.6. The number of amides is 1. The minimum absolute atomic E-state index is 0.00749. The molecule has 3 rings (SSSR count). The number of methoxy groups -OCH3 is 2. The van der Waals surface area contributed by atoms with Crippen molar-refractivity contribution in [1.29, 1.82) is 0 Å². The molecule has 1 aliphatic rings. The number of carbonyl (C=O) groups excluding carboxylic acids is 1. The average molecular weight is 461 g/mol. The lowest BCUT2D eigenvalue weighted by molar-refractivity contribution is 0.00229. The summed E-state index contributed by atoms with van der Waals surface area (Å²) >= 11 is 0. The molecule has 0 radical (unpaired) electrons. The van der Waals surface area contributed by atoms with E-state index >= 15 is 0 Å². The Morgan fingerprint density at radius 1 is 1.24 bits per heavy atom. The zero-order valence-corrected chi connectivity index (χ0v) is 20.5. The van der Waals surface area contributed by atoms with Crippen molar-refractivity contribution in [2.45, 2.75) is 51.8 Å². The van der Waals surface area contributed by atoms with E-state index in [1.807, 2.05) is 29.2 Å². The number of nitrogens with one attached hydrogen (secondary N) is 1. The number of para-hydroxylation sites is 2. The Hall–Kier alpha value is -2.00. The minimum Gasteiger partial charge on any atom is -0.390 e. The van der Waals surface area contributed by atoms with E-state index in [1.54, 1.807) is 14.2 Å². The third-order valence-corrected chi connectivity index (χ3v) is 6.33. The molecular formula is C25H40N4O4. The zero-order chi connectivity index (χ0) is 23.8. The highest BCUT2D eigenvalue weighted by Gasteiger charge is 2.35. The number of piperidine rings is 1. The van der Waals surface area contributed by atoms with Crippen LogP contribution in [-0.2, 0) is 16.0 Å². The van der Waals surface area contributed by atoms with E-state index in [0.717, 1.165) is 43.4 Å². The maximum Gasteiger partial charge on any atom is 0.290 e. The highest BCUT2D eigenvalue weighted by Crippen LogP contribution is 2.24. The molecule has 0 saturated carbocycles. The number of aryl methyl sites for hydroxylation is 1. The van der Waals surface area contributed by atoms with E-state index in [9.17, 15) is 9.90 Å². The fourth-order valence-corrected chi connectivity index (χ4v) is 4.69. The van der Waals surface area contributed by atoms with Gasteiger partial charge >= 0.3 is 0 Å². The maximum atomic E-state index is 14.0. The van der Waals surface area contributed by atoms with Crippen molar-refractivity contribution in [3.05, 3.63) is 30.1 Å². The third-order valence-electron chi connectivity index (χ3n) is 6.33. The number of nitrogens with zero attached hydrogens (tertiary/aromatic N) is 3. The number of ether oxygens (including phenoxy) is 2. The van der Waals surface area contributed by atoms with Crippen LogP contribution >= 0.6 is 0 Å². The van der Waals surface area contributed by atoms with Crippen molar-refractivity contribution < 1.29 is 19.4 Å². The minimum atomic E-state index is -0.549. The van der Waals surface area contributed by atoms with Crippen molar-refractivity contribution in [2.24, 2.45) is 11.8 Å². The highest BCUT2D eigenvalue weighted by molar-refractivity contribution is 5.95. The van der Waals surface area contributed by atoms with Gasteiger partial charge < -0.3 is 29.4 Å². The lowest BCUT2D eigenvalue weighted by Crippen LogP contribution is -2.54. The number of rotatable bonds is 12. The Labute approximate surface area is 197 Å². The van der Waals surface area contributed by atoms with Crippen molar-refractivity contribution in [1.82, 2.24) is 19.8 Å². The lowest BCUT2D eigenvalue weighted by atomic mass is 9.89. The fourth-order valence-electron chi connectivity index (χ4n) is 4.69. The standard InChI is InChI=1S/C25H40N4O4/c1-18(2)16-29(20-13-19(14-26-15-20)23(30)17-33-4)25(31)24-27-21-9-5-6-10-22(21)28(24)11-7-8-12-32-3/h5-6,9-10,18-20,23,26,30H,7-8,11-17H2,1-4H3/t19?,20-,23?/m0/s1. The van der Waals surface area contributed by atoms with Crippen LogP contribution in [0.4, 0.5) is 0 Å². The number of imidazole rings is 1. The van der Waals surface area contributed by atoms with Gasteiger partial charge in [-0.1, -0.05) is 26.0 Å². The van der Waals surface area contributed by atoms with E-state index in [2.05, 4.69) is 23.7 Å². The normalized spacial score (nSPS) is 19.8. The van der Waals surface area contributed by atoms with E-state index in [-0.39, 0.29) is 17.9 Å². The smallest absolute Gasteiger partial charge is 0.290 e. The number of unbranched alkanes of at least 4 members (excludes halogenated alkanes) is 1. The first-order valence-electron chi connectivity index (χ1n) is 12.1. The van der Waals surface area contributed by atoms with E-state index < -0.39 is 6.10 Å². The Morgan fingerprint density at radius 3 is 2.76 bits per heavy atom. The largest absolute Gasteiger partial charge is 0.390 e. The Bertz CT molecular complexity index is 884. The van der Waals surface area contributed by atoms with Gasteiger partial charge in [0.25, 0.3) is 5.91 Å². The van der Waals surface area contributed by atoms with Crippen molar-refractivity contribution in [2.75, 3.05) is 47.1 Å². The number of hydrogen-bond acceptors (Lipinski definition) is 6. The van der Waals surface area contributed by atoms with Crippen LogP contribution in [0.1, 0.15) is 43.7 Å². The first-order valence-corrected chi connectivity index (χ1v) is 12.1. The Kier molecular flexibility index (Phi) is 9.67. The quantitative estimate of drug-likeness (QED) is 0.473. The van der Waals surface area contributed by atoms with Crippen LogP contribution in [-0.4, -0.2) is 84.7 Å². The molecule has 0 aliphatic carbocycles. The summed E-state index contributed by atoms with van der Waals surface area (Å²) in [5, 5.41) is 13.9. The van der Waals surface area contributed by atoms with Gasteiger partial charge in [0.15, 0.2) is 5.82 Å². The van der Waals surface area contributed by atoms with Gasteiger partial charge in [0.2, 0.25) is 0 Å². The molecule has 8 nitrogen and oxygen atoms in total. The van der Waals surface area contributed by atoms with E-state index in [1.165, 1.54) is 0 Å². The molecule has 1 amide bonds. The summed E-state index contributed by atoms with van der Waals surface area (Å²) < 4.78 is 12.4. The summed E-state index contributed by atoms with van der Waals surface area (Å²) in [4.78, 5) is 20.7. The number of carbonyl (C=O) groups is 1. The third kappa shape index (κ3) is 6.53. The predicted molar refractivity (Wildman–Crippen MR) is 129 cm³/mol. The molecule has 33 heavy (non-hydrogen) atoms. The molecule has 2 heterocycles. The molecule has 0 bridgehead atoms. The van der Waals surface area contributed by atoms with Crippen LogP contribution in [0.25, 0.3) is 11.0 Å². The average Bonchev–Trinajstić information content (AvgIpc) is 3.18. The number of aliphatic hydroxyl groups excluding tert-OH is 1. The molecule has 2 N–H and O–H groups in total. The van der Waals surface area contributed by atoms with E-state index in [0.29, 0.717) is 38.0 Å². The van der Waals surface area contributed by atoms with Gasteiger partial charge in [-0.3, -0.25) is 4.79 Å². The van der Waals surface area contributed by atoms with Gasteiger partial charge in [0, 0.05) is 59.0 Å². The van der Waals surface area contributed by atoms with Crippen LogP contribution in [0.3, 0.4) is 0 Å². The molecule has 1 saturated heterocycles. The summed E-state index contributed by atoms with van der Waals surface area (Å²) in [6.07, 6.45) is 2.03. The second kappa shape index (κ2) is 12.5. The van der Waals surface area contributed by atoms with E-state index in [4.69, 9.17) is 14.5 Å². The molecule has 0 spiro atoms. The van der Waals surface area contributed by atoms with Crippen LogP contribution < -0.4 is 5.32 Å². The lowest BCUT2D eigenvalue weighted by Gasteiger charge is -2.40. The molecule has 1 aromatic heterocycles. The number of aromatic nitrogens is 2. The van der Waals surface area contributed by atoms with Gasteiger partial charge in [-0.2, -0.15) is 0 Å². The molecule has 184 valence electrons. The summed E-state index contributed by atoms with van der Waals surface area (Å²) in [6, 6.07) is 7.93. The molecule has 2 unspecified atom stereocenters. The van der Waals surface area contributed by atoms with Crippen LogP contribution in [0, 0.1) is 11.8 Å². The molecule has 1 fully saturated rings. The van der Waals surface area contributed by atoms with Crippen molar-refractivity contribution in [3.8, 4) is 0 Å². The summed E-state index contributed by atoms with van der Waals surface area (Å²) in [5.74, 6) is 0.811. The summed E-state index contributed by atoms with van der Waals surface area (Å²) in [5.41, 5.74) is 1.82. The Morgan fingerprint density at radius 2 is 2.03 bits per heavy atom. The van der Waals surface area contributed by atoms with Crippen molar-refractivity contribution in [3.63, 3.8) is 0 Å². The number of benzene rings is 1. The predicted octanol–water partition coefficient (Wildman–Crippen LogP) is 2.55. The van der Waals surface area contributed by atoms with Gasteiger partial charge in [0.1, 0.15) is 0 Å². The monoisotopic (exact) mass is 460 g/mol. The molecule has 8 heteroatoms. The number of fused-ring (bicyclic) bond motifs is 1. The van der Waals surface area contributed by atoms with Gasteiger partial charge in [0.05, 0.1) is 23.7 Å². The first-order chi connectivity index (χ1) is 16.0. The van der Waals surface area contributed by atoms with Crippen LogP contribution in [0.15, 0.2) is 24.3 Å². The maximum absolute atomic E-state index is 14.0. The number of hydrogen-bond donors (Lipinski definition) is 2. The van der Waals surface area contributed by atoms with Gasteiger partial charge in [-0.05, 0) is 37.3 Å². The number of aliphatic hydroxyl groups is 1. The SMILES string of the molecule is COCCCCn1c(C(=O)N(CC(C)C)[C@@H]2CNCC(C(O)COC)C2)nc2ccccc21. The van der Waals surface area contributed by atoms with Crippen LogP contribution in [0.2, 0.25) is 0 Å². The Balaban J connectivity index is 1.88. The highest BCUT2D eigenvalue weighted by atomic mass is 16.5. The topological polar surface area (TPSA) is 88.9 Å². The molecule has 1 aliphatic heterocycles. The zero-order valence-electron chi connectivity index (χ0n) is 20.5. The second-order valence-electron chi connectivity index (χ2n) is 9.46. The van der Waals surface area contributed by atoms with Gasteiger partial charge in [-0.15, -0.1) is 0 Å². The fraction of sp³-hybridized carbons (Fsp3) is 0.680. The molecule has 1 aromatic carbocycles. The van der Waals surface area contributed by atoms with Gasteiger partial charge in [-0.25, -0.2) is 4.98 Å². The van der Waals surface area contributed by atoms with Crippen molar-refractivity contribution >= 4 is 16.9 Å². The molecule has 2 aromatic rings. The summed E-state index contributed by atoms with van der Waals surface area (Å²) in [6.45, 7) is 8.06. The summed E-state index contributed by atoms with van der Waals surface area (Å²) in [7, 11) is 3.31. The second-order valence-corrected chi connectivity index (χ2v) is 9.46. The molecular weight excluding hydrogens is 420 g/mol. The van der Waals surface area contributed by atoms with Crippen LogP contribution in [0.5, 0.6) is 0 Å². The molecule has 3 atom stereocenters.